The van der Waals surface area contributed by atoms with Gasteiger partial charge in [-0.05, 0) is 36.8 Å². The third-order valence-corrected chi connectivity index (χ3v) is 6.02. The van der Waals surface area contributed by atoms with Gasteiger partial charge in [-0.1, -0.05) is 36.7 Å². The smallest absolute Gasteiger partial charge is 0.409 e. The average Bonchev–Trinajstić information content (AvgIpc) is 2.86. The lowest BCUT2D eigenvalue weighted by molar-refractivity contribution is 0.0560. The first-order valence-electron chi connectivity index (χ1n) is 11.1. The molecule has 3 aromatic rings. The number of halogens is 1. The van der Waals surface area contributed by atoms with Crippen molar-refractivity contribution in [3.63, 3.8) is 0 Å². The molecule has 7 nitrogen and oxygen atoms in total. The third kappa shape index (κ3) is 5.03. The number of fused-ring (bicyclic) bond motifs is 1. The maximum Gasteiger partial charge on any atom is 0.409 e. The zero-order valence-corrected chi connectivity index (χ0v) is 19.6. The van der Waals surface area contributed by atoms with Gasteiger partial charge in [0.25, 0.3) is 5.91 Å². The molecule has 4 rings (SSSR count). The zero-order valence-electron chi connectivity index (χ0n) is 18.8. The Bertz CT molecular complexity index is 1180. The summed E-state index contributed by atoms with van der Waals surface area (Å²) in [6.07, 6.45) is 0.468. The van der Waals surface area contributed by atoms with Crippen LogP contribution in [0, 0.1) is 0 Å². The van der Waals surface area contributed by atoms with E-state index in [2.05, 4.69) is 5.32 Å². The lowest BCUT2D eigenvalue weighted by Crippen LogP contribution is -2.50. The third-order valence-electron chi connectivity index (χ3n) is 5.71. The van der Waals surface area contributed by atoms with Crippen LogP contribution in [0.4, 0.5) is 10.5 Å². The first-order valence-corrected chi connectivity index (χ1v) is 11.5. The maximum absolute atomic E-state index is 13.1. The molecule has 0 spiro atoms. The number of pyridine rings is 1. The summed E-state index contributed by atoms with van der Waals surface area (Å²) in [6, 6.07) is 15.2. The Kier molecular flexibility index (Phi) is 6.99. The van der Waals surface area contributed by atoms with Gasteiger partial charge in [-0.25, -0.2) is 9.78 Å². The number of hydrogen-bond acceptors (Lipinski definition) is 5. The fourth-order valence-corrected chi connectivity index (χ4v) is 4.12. The molecule has 1 saturated heterocycles. The van der Waals surface area contributed by atoms with E-state index in [1.807, 2.05) is 50.4 Å². The minimum Gasteiger partial charge on any atom is -0.449 e. The van der Waals surface area contributed by atoms with Gasteiger partial charge in [-0.2, -0.15) is 0 Å². The number of rotatable bonds is 5. The molecular weight excluding hydrogens is 440 g/mol. The predicted molar refractivity (Wildman–Crippen MR) is 131 cm³/mol. The van der Waals surface area contributed by atoms with Gasteiger partial charge in [0.05, 0.1) is 22.8 Å². The molecule has 1 N–H and O–H groups in total. The topological polar surface area (TPSA) is 74.8 Å². The number of nitrogens with zero attached hydrogens (tertiary/aromatic N) is 3. The minimum atomic E-state index is -0.316. The lowest BCUT2D eigenvalue weighted by atomic mass is 10.1. The SMILES string of the molecule is CCCOC(=O)N1CCN(C(=O)c2ccc3c(Cl)cc(-c4cccc(NC)c4)nc3c2)CC1. The van der Waals surface area contributed by atoms with E-state index in [9.17, 15) is 9.59 Å². The quantitative estimate of drug-likeness (QED) is 0.578. The van der Waals surface area contributed by atoms with Crippen LogP contribution in [0.2, 0.25) is 5.02 Å². The van der Waals surface area contributed by atoms with Gasteiger partial charge in [0.15, 0.2) is 0 Å². The number of aromatic nitrogens is 1. The van der Waals surface area contributed by atoms with Crippen LogP contribution < -0.4 is 5.32 Å². The summed E-state index contributed by atoms with van der Waals surface area (Å²) < 4.78 is 5.19. The van der Waals surface area contributed by atoms with E-state index in [0.29, 0.717) is 48.9 Å². The van der Waals surface area contributed by atoms with Gasteiger partial charge in [0.2, 0.25) is 0 Å². The molecule has 0 unspecified atom stereocenters. The highest BCUT2D eigenvalue weighted by Crippen LogP contribution is 2.30. The molecule has 0 radical (unpaired) electrons. The van der Waals surface area contributed by atoms with Crippen LogP contribution in [-0.4, -0.2) is 66.6 Å². The molecule has 0 saturated carbocycles. The minimum absolute atomic E-state index is 0.0843. The van der Waals surface area contributed by atoms with Gasteiger partial charge >= 0.3 is 6.09 Å². The van der Waals surface area contributed by atoms with E-state index in [0.717, 1.165) is 28.8 Å². The molecular formula is C25H27ClN4O3. The summed E-state index contributed by atoms with van der Waals surface area (Å²) in [5.74, 6) is -0.0843. The number of carbonyl (C=O) groups excluding carboxylic acids is 2. The van der Waals surface area contributed by atoms with Crippen LogP contribution in [0.25, 0.3) is 22.2 Å². The van der Waals surface area contributed by atoms with E-state index < -0.39 is 0 Å². The Morgan fingerprint density at radius 2 is 1.82 bits per heavy atom. The summed E-state index contributed by atoms with van der Waals surface area (Å²) in [7, 11) is 1.87. The highest BCUT2D eigenvalue weighted by atomic mass is 35.5. The molecule has 2 heterocycles. The number of anilines is 1. The van der Waals surface area contributed by atoms with Crippen molar-refractivity contribution >= 4 is 40.2 Å². The molecule has 2 aromatic carbocycles. The Hall–Kier alpha value is -3.32. The monoisotopic (exact) mass is 466 g/mol. The van der Waals surface area contributed by atoms with Gasteiger partial charge in [0, 0.05) is 55.4 Å². The first kappa shape index (κ1) is 22.9. The normalized spacial score (nSPS) is 13.8. The molecule has 1 aliphatic heterocycles. The van der Waals surface area contributed by atoms with Crippen LogP contribution in [0.15, 0.2) is 48.5 Å². The number of carbonyl (C=O) groups is 2. The molecule has 0 bridgehead atoms. The largest absolute Gasteiger partial charge is 0.449 e. The number of hydrogen-bond donors (Lipinski definition) is 1. The van der Waals surface area contributed by atoms with Crippen molar-refractivity contribution in [3.05, 3.63) is 59.1 Å². The lowest BCUT2D eigenvalue weighted by Gasteiger charge is -2.34. The van der Waals surface area contributed by atoms with Gasteiger partial charge < -0.3 is 19.9 Å². The zero-order chi connectivity index (χ0) is 23.4. The molecule has 33 heavy (non-hydrogen) atoms. The molecule has 0 atom stereocenters. The van der Waals surface area contributed by atoms with Gasteiger partial charge in [0.1, 0.15) is 0 Å². The number of piperazine rings is 1. The summed E-state index contributed by atoms with van der Waals surface area (Å²) in [5.41, 5.74) is 3.88. The van der Waals surface area contributed by atoms with Crippen LogP contribution in [0.1, 0.15) is 23.7 Å². The maximum atomic E-state index is 13.1. The summed E-state index contributed by atoms with van der Waals surface area (Å²) in [5, 5.41) is 4.51. The Morgan fingerprint density at radius 3 is 2.55 bits per heavy atom. The fourth-order valence-electron chi connectivity index (χ4n) is 3.86. The van der Waals surface area contributed by atoms with Gasteiger partial charge in [-0.3, -0.25) is 4.79 Å². The van der Waals surface area contributed by atoms with E-state index in [1.165, 1.54) is 0 Å². The molecule has 1 fully saturated rings. The van der Waals surface area contributed by atoms with Crippen LogP contribution in [0.5, 0.6) is 0 Å². The summed E-state index contributed by atoms with van der Waals surface area (Å²) in [4.78, 5) is 33.4. The number of nitrogens with one attached hydrogen (secondary N) is 1. The second-order valence-corrected chi connectivity index (χ2v) is 8.35. The predicted octanol–water partition coefficient (Wildman–Crippen LogP) is 4.90. The molecule has 1 aliphatic rings. The fraction of sp³-hybridized carbons (Fsp3) is 0.320. The van der Waals surface area contributed by atoms with Crippen molar-refractivity contribution in [2.45, 2.75) is 13.3 Å². The van der Waals surface area contributed by atoms with Crippen molar-refractivity contribution in [1.82, 2.24) is 14.8 Å². The van der Waals surface area contributed by atoms with Crippen molar-refractivity contribution < 1.29 is 14.3 Å². The van der Waals surface area contributed by atoms with Crippen LogP contribution >= 0.6 is 11.6 Å². The first-order chi connectivity index (χ1) is 16.0. The molecule has 2 amide bonds. The summed E-state index contributed by atoms with van der Waals surface area (Å²) >= 11 is 6.55. The second-order valence-electron chi connectivity index (χ2n) is 7.95. The van der Waals surface area contributed by atoms with E-state index in [-0.39, 0.29) is 12.0 Å². The number of benzene rings is 2. The highest BCUT2D eigenvalue weighted by Gasteiger charge is 2.26. The number of amides is 2. The highest BCUT2D eigenvalue weighted by molar-refractivity contribution is 6.35. The van der Waals surface area contributed by atoms with Crippen LogP contribution in [-0.2, 0) is 4.74 Å². The van der Waals surface area contributed by atoms with E-state index in [4.69, 9.17) is 21.3 Å². The van der Waals surface area contributed by atoms with Gasteiger partial charge in [-0.15, -0.1) is 0 Å². The molecule has 1 aromatic heterocycles. The molecule has 0 aliphatic carbocycles. The Balaban J connectivity index is 1.54. The van der Waals surface area contributed by atoms with Crippen LogP contribution in [0.3, 0.4) is 0 Å². The Labute approximate surface area is 198 Å². The van der Waals surface area contributed by atoms with Crippen molar-refractivity contribution in [3.8, 4) is 11.3 Å². The molecule has 8 heteroatoms. The number of ether oxygens (including phenoxy) is 1. The Morgan fingerprint density at radius 1 is 1.06 bits per heavy atom. The van der Waals surface area contributed by atoms with E-state index in [1.54, 1.807) is 21.9 Å². The van der Waals surface area contributed by atoms with Crippen molar-refractivity contribution in [1.29, 1.82) is 0 Å². The summed E-state index contributed by atoms with van der Waals surface area (Å²) in [6.45, 7) is 4.20. The molecule has 172 valence electrons. The van der Waals surface area contributed by atoms with Crippen molar-refractivity contribution in [2.24, 2.45) is 0 Å². The van der Waals surface area contributed by atoms with Crippen molar-refractivity contribution in [2.75, 3.05) is 45.2 Å². The second kappa shape index (κ2) is 10.1. The van der Waals surface area contributed by atoms with E-state index >= 15 is 0 Å². The standard InChI is InChI=1S/C25H27ClN4O3/c1-3-13-33-25(32)30-11-9-29(10-12-30)24(31)18-7-8-20-21(26)16-22(28-23(20)15-18)17-5-4-6-19(14-17)27-2/h4-8,14-16,27H,3,9-13H2,1-2H3. The average molecular weight is 467 g/mol.